The molecule has 3 rings (SSSR count). The van der Waals surface area contributed by atoms with E-state index in [1.54, 1.807) is 19.2 Å². The summed E-state index contributed by atoms with van der Waals surface area (Å²) in [5, 5.41) is 5.17. The van der Waals surface area contributed by atoms with E-state index in [4.69, 9.17) is 4.74 Å². The number of aromatic nitrogens is 3. The molecule has 0 fully saturated rings. The molecule has 2 heterocycles. The Morgan fingerprint density at radius 1 is 1.24 bits per heavy atom. The van der Waals surface area contributed by atoms with Crippen molar-refractivity contribution >= 4 is 11.6 Å². The van der Waals surface area contributed by atoms with Crippen molar-refractivity contribution in [3.05, 3.63) is 69.8 Å². The summed E-state index contributed by atoms with van der Waals surface area (Å²) in [6.07, 6.45) is 1.50. The molecule has 2 N–H and O–H groups in total. The molecule has 0 aliphatic rings. The van der Waals surface area contributed by atoms with Crippen LogP contribution in [0.4, 0.5) is 5.69 Å². The summed E-state index contributed by atoms with van der Waals surface area (Å²) < 4.78 is 7.15. The summed E-state index contributed by atoms with van der Waals surface area (Å²) in [6, 6.07) is 10.4. The smallest absolute Gasteiger partial charge is 0.274 e. The molecule has 0 aliphatic carbocycles. The number of carbonyl (C=O) groups is 1. The average molecular weight is 338 g/mol. The van der Waals surface area contributed by atoms with Gasteiger partial charge in [-0.15, -0.1) is 0 Å². The minimum atomic E-state index is -0.397. The molecule has 0 aliphatic heterocycles. The van der Waals surface area contributed by atoms with Crippen LogP contribution in [0.1, 0.15) is 21.6 Å². The fraction of sp³-hybridized carbons (Fsp3) is 0.167. The number of nitrogens with one attached hydrogen (secondary N) is 2. The summed E-state index contributed by atoms with van der Waals surface area (Å²) in [5.74, 6) is 0.776. The van der Waals surface area contributed by atoms with E-state index in [-0.39, 0.29) is 11.3 Å². The standard InChI is InChI=1S/C18H18N4O3/c1-11-5-4-6-15(12(11)2)25-17-8-7-13(10-19-17)20-18(24)14-9-16(23)21-22(14)3/h4-10H,1-3H3,(H,20,24)(H,21,23). The third-order valence-electron chi connectivity index (χ3n) is 3.90. The first-order chi connectivity index (χ1) is 11.9. The Morgan fingerprint density at radius 3 is 2.68 bits per heavy atom. The van der Waals surface area contributed by atoms with Gasteiger partial charge in [-0.3, -0.25) is 19.4 Å². The van der Waals surface area contributed by atoms with Crippen LogP contribution in [0.5, 0.6) is 11.6 Å². The third-order valence-corrected chi connectivity index (χ3v) is 3.90. The minimum absolute atomic E-state index is 0.237. The maximum Gasteiger partial charge on any atom is 0.274 e. The lowest BCUT2D eigenvalue weighted by molar-refractivity contribution is 0.101. The van der Waals surface area contributed by atoms with Gasteiger partial charge in [0.2, 0.25) is 5.88 Å². The number of H-pyrrole nitrogens is 1. The monoisotopic (exact) mass is 338 g/mol. The number of pyridine rings is 1. The van der Waals surface area contributed by atoms with Crippen molar-refractivity contribution in [2.24, 2.45) is 7.05 Å². The predicted molar refractivity (Wildman–Crippen MR) is 94.2 cm³/mol. The molecule has 0 bridgehead atoms. The minimum Gasteiger partial charge on any atom is -0.439 e. The normalized spacial score (nSPS) is 10.5. The van der Waals surface area contributed by atoms with Crippen molar-refractivity contribution in [2.75, 3.05) is 5.32 Å². The second-order valence-electron chi connectivity index (χ2n) is 5.70. The molecular weight excluding hydrogens is 320 g/mol. The van der Waals surface area contributed by atoms with E-state index >= 15 is 0 Å². The Labute approximate surface area is 144 Å². The van der Waals surface area contributed by atoms with E-state index in [0.717, 1.165) is 16.9 Å². The van der Waals surface area contributed by atoms with Crippen LogP contribution < -0.4 is 15.6 Å². The zero-order valence-corrected chi connectivity index (χ0v) is 14.2. The van der Waals surface area contributed by atoms with Crippen LogP contribution in [-0.2, 0) is 7.05 Å². The quantitative estimate of drug-likeness (QED) is 0.765. The van der Waals surface area contributed by atoms with Gasteiger partial charge in [0, 0.05) is 19.2 Å². The van der Waals surface area contributed by atoms with Gasteiger partial charge in [-0.2, -0.15) is 0 Å². The molecule has 128 valence electrons. The first-order valence-corrected chi connectivity index (χ1v) is 7.71. The van der Waals surface area contributed by atoms with Gasteiger partial charge in [-0.05, 0) is 37.1 Å². The summed E-state index contributed by atoms with van der Waals surface area (Å²) in [7, 11) is 1.59. The number of aryl methyl sites for hydroxylation is 2. The van der Waals surface area contributed by atoms with Gasteiger partial charge in [0.15, 0.2) is 0 Å². The van der Waals surface area contributed by atoms with Crippen LogP contribution in [0.3, 0.4) is 0 Å². The number of benzene rings is 1. The number of nitrogens with zero attached hydrogens (tertiary/aromatic N) is 2. The van der Waals surface area contributed by atoms with Gasteiger partial charge >= 0.3 is 0 Å². The van der Waals surface area contributed by atoms with Crippen molar-refractivity contribution < 1.29 is 9.53 Å². The Balaban J connectivity index is 1.72. The van der Waals surface area contributed by atoms with Crippen LogP contribution in [0.2, 0.25) is 0 Å². The number of hydrogen-bond acceptors (Lipinski definition) is 4. The maximum absolute atomic E-state index is 12.2. The molecule has 0 saturated carbocycles. The van der Waals surface area contributed by atoms with E-state index in [2.05, 4.69) is 15.4 Å². The van der Waals surface area contributed by atoms with Crippen molar-refractivity contribution in [1.82, 2.24) is 14.8 Å². The van der Waals surface area contributed by atoms with Crippen LogP contribution in [0, 0.1) is 13.8 Å². The first kappa shape index (κ1) is 16.5. The van der Waals surface area contributed by atoms with Gasteiger partial charge in [0.05, 0.1) is 11.9 Å². The molecule has 1 aromatic carbocycles. The molecule has 0 spiro atoms. The van der Waals surface area contributed by atoms with Gasteiger partial charge in [-0.1, -0.05) is 12.1 Å². The Kier molecular flexibility index (Phi) is 4.38. The van der Waals surface area contributed by atoms with Crippen molar-refractivity contribution in [3.63, 3.8) is 0 Å². The Bertz CT molecular complexity index is 971. The van der Waals surface area contributed by atoms with Crippen LogP contribution in [0.25, 0.3) is 0 Å². The lowest BCUT2D eigenvalue weighted by Gasteiger charge is -2.10. The highest BCUT2D eigenvalue weighted by Gasteiger charge is 2.12. The number of hydrogen-bond donors (Lipinski definition) is 2. The number of ether oxygens (including phenoxy) is 1. The lowest BCUT2D eigenvalue weighted by Crippen LogP contribution is -2.16. The van der Waals surface area contributed by atoms with Crippen molar-refractivity contribution in [3.8, 4) is 11.6 Å². The van der Waals surface area contributed by atoms with Gasteiger partial charge in [0.25, 0.3) is 11.5 Å². The van der Waals surface area contributed by atoms with E-state index in [0.29, 0.717) is 11.6 Å². The van der Waals surface area contributed by atoms with Crippen LogP contribution in [-0.4, -0.2) is 20.7 Å². The SMILES string of the molecule is Cc1cccc(Oc2ccc(NC(=O)c3cc(=O)[nH]n3C)cn2)c1C. The highest BCUT2D eigenvalue weighted by Crippen LogP contribution is 2.26. The molecule has 3 aromatic rings. The topological polar surface area (TPSA) is 89.0 Å². The van der Waals surface area contributed by atoms with E-state index in [1.165, 1.54) is 16.9 Å². The molecule has 1 amide bonds. The maximum atomic E-state index is 12.2. The highest BCUT2D eigenvalue weighted by molar-refractivity contribution is 6.02. The van der Waals surface area contributed by atoms with Gasteiger partial charge in [-0.25, -0.2) is 4.98 Å². The number of anilines is 1. The van der Waals surface area contributed by atoms with Crippen LogP contribution >= 0.6 is 0 Å². The van der Waals surface area contributed by atoms with E-state index in [1.807, 2.05) is 32.0 Å². The summed E-state index contributed by atoms with van der Waals surface area (Å²) in [5.41, 5.74) is 2.60. The zero-order chi connectivity index (χ0) is 18.0. The third kappa shape index (κ3) is 3.60. The summed E-state index contributed by atoms with van der Waals surface area (Å²) in [6.45, 7) is 4.00. The fourth-order valence-corrected chi connectivity index (χ4v) is 2.35. The molecule has 0 atom stereocenters. The zero-order valence-electron chi connectivity index (χ0n) is 14.2. The van der Waals surface area contributed by atoms with Gasteiger partial charge in [0.1, 0.15) is 11.4 Å². The number of carbonyl (C=O) groups excluding carboxylic acids is 1. The fourth-order valence-electron chi connectivity index (χ4n) is 2.35. The molecule has 2 aromatic heterocycles. The molecule has 0 radical (unpaired) electrons. The van der Waals surface area contributed by atoms with Crippen LogP contribution in [0.15, 0.2) is 47.4 Å². The van der Waals surface area contributed by atoms with Crippen molar-refractivity contribution in [1.29, 1.82) is 0 Å². The second-order valence-corrected chi connectivity index (χ2v) is 5.70. The molecule has 0 unspecified atom stereocenters. The second kappa shape index (κ2) is 6.64. The van der Waals surface area contributed by atoms with Gasteiger partial charge < -0.3 is 10.1 Å². The number of rotatable bonds is 4. The summed E-state index contributed by atoms with van der Waals surface area (Å²) in [4.78, 5) is 27.6. The Morgan fingerprint density at radius 2 is 2.04 bits per heavy atom. The highest BCUT2D eigenvalue weighted by atomic mass is 16.5. The molecule has 7 nitrogen and oxygen atoms in total. The largest absolute Gasteiger partial charge is 0.439 e. The molecule has 25 heavy (non-hydrogen) atoms. The van der Waals surface area contributed by atoms with Crippen molar-refractivity contribution in [2.45, 2.75) is 13.8 Å². The average Bonchev–Trinajstić information content (AvgIpc) is 2.92. The van der Waals surface area contributed by atoms with E-state index in [9.17, 15) is 9.59 Å². The molecular formula is C18H18N4O3. The number of amides is 1. The van der Waals surface area contributed by atoms with E-state index < -0.39 is 5.91 Å². The Hall–Kier alpha value is -3.35. The first-order valence-electron chi connectivity index (χ1n) is 7.71. The lowest BCUT2D eigenvalue weighted by atomic mass is 10.1. The number of aromatic amines is 1. The summed E-state index contributed by atoms with van der Waals surface area (Å²) >= 11 is 0. The molecule has 0 saturated heterocycles. The predicted octanol–water partition coefficient (Wildman–Crippen LogP) is 2.77. The molecule has 7 heteroatoms.